The van der Waals surface area contributed by atoms with Gasteiger partial charge >= 0.3 is 0 Å². The Morgan fingerprint density at radius 2 is 2.17 bits per heavy atom. The van der Waals surface area contributed by atoms with Crippen LogP contribution in [-0.2, 0) is 16.0 Å². The smallest absolute Gasteiger partial charge is 0.262 e. The molecule has 0 saturated carbocycles. The fraction of sp³-hybridized carbons (Fsp3) is 0.125. The summed E-state index contributed by atoms with van der Waals surface area (Å²) < 4.78 is 18.4. The van der Waals surface area contributed by atoms with Crippen LogP contribution in [0, 0.1) is 5.82 Å². The molecule has 118 valence electrons. The number of rotatable bonds is 3. The third-order valence-electron chi connectivity index (χ3n) is 3.23. The molecule has 2 amide bonds. The predicted octanol–water partition coefficient (Wildman–Crippen LogP) is 2.99. The van der Waals surface area contributed by atoms with Crippen LogP contribution in [0.5, 0.6) is 5.75 Å². The summed E-state index contributed by atoms with van der Waals surface area (Å²) in [5.74, 6) is -0.574. The first kappa shape index (κ1) is 15.3. The van der Waals surface area contributed by atoms with Crippen molar-refractivity contribution in [3.05, 3.63) is 52.8 Å². The van der Waals surface area contributed by atoms with Gasteiger partial charge in [0.1, 0.15) is 11.6 Å². The molecule has 2 aromatic rings. The van der Waals surface area contributed by atoms with E-state index in [2.05, 4.69) is 10.6 Å². The molecule has 0 unspecified atom stereocenters. The standard InChI is InChI=1S/C16H12ClFN2O3/c17-11-6-13-14(23-8-16(22)20-13)7-12(11)19-15(21)5-9-2-1-3-10(18)4-9/h1-4,6-7H,5,8H2,(H,19,21)(H,20,22). The zero-order chi connectivity index (χ0) is 16.4. The molecule has 1 heterocycles. The maximum absolute atomic E-state index is 13.1. The van der Waals surface area contributed by atoms with Gasteiger partial charge in [0.2, 0.25) is 5.91 Å². The summed E-state index contributed by atoms with van der Waals surface area (Å²) in [7, 11) is 0. The van der Waals surface area contributed by atoms with E-state index in [1.807, 2.05) is 0 Å². The first-order valence-electron chi connectivity index (χ1n) is 6.82. The maximum atomic E-state index is 13.1. The summed E-state index contributed by atoms with van der Waals surface area (Å²) in [5.41, 5.74) is 1.37. The summed E-state index contributed by atoms with van der Waals surface area (Å²) in [6.45, 7) is -0.0920. The lowest BCUT2D eigenvalue weighted by Gasteiger charge is -2.19. The van der Waals surface area contributed by atoms with Crippen LogP contribution in [0.2, 0.25) is 5.02 Å². The highest BCUT2D eigenvalue weighted by Gasteiger charge is 2.19. The molecule has 0 aromatic heterocycles. The molecule has 0 fully saturated rings. The average molecular weight is 335 g/mol. The molecule has 1 aliphatic heterocycles. The van der Waals surface area contributed by atoms with Gasteiger partial charge in [-0.3, -0.25) is 9.59 Å². The third kappa shape index (κ3) is 3.60. The van der Waals surface area contributed by atoms with Gasteiger partial charge in [-0.1, -0.05) is 23.7 Å². The number of carbonyl (C=O) groups excluding carboxylic acids is 2. The molecular formula is C16H12ClFN2O3. The van der Waals surface area contributed by atoms with Gasteiger partial charge in [0.25, 0.3) is 5.91 Å². The van der Waals surface area contributed by atoms with Crippen LogP contribution in [-0.4, -0.2) is 18.4 Å². The molecular weight excluding hydrogens is 323 g/mol. The molecule has 0 saturated heterocycles. The number of hydrogen-bond donors (Lipinski definition) is 2. The Balaban J connectivity index is 1.75. The van der Waals surface area contributed by atoms with Gasteiger partial charge < -0.3 is 15.4 Å². The molecule has 1 aliphatic rings. The molecule has 7 heteroatoms. The van der Waals surface area contributed by atoms with Crippen LogP contribution in [0.1, 0.15) is 5.56 Å². The van der Waals surface area contributed by atoms with Crippen molar-refractivity contribution in [1.29, 1.82) is 0 Å². The monoisotopic (exact) mass is 334 g/mol. The molecule has 0 aliphatic carbocycles. The van der Waals surface area contributed by atoms with Crippen LogP contribution in [0.15, 0.2) is 36.4 Å². The molecule has 0 spiro atoms. The molecule has 0 atom stereocenters. The van der Waals surface area contributed by atoms with E-state index < -0.39 is 5.82 Å². The van der Waals surface area contributed by atoms with E-state index in [-0.39, 0.29) is 29.9 Å². The van der Waals surface area contributed by atoms with Gasteiger partial charge in [0.05, 0.1) is 22.8 Å². The molecule has 0 bridgehead atoms. The second-order valence-corrected chi connectivity index (χ2v) is 5.43. The van der Waals surface area contributed by atoms with E-state index in [0.717, 1.165) is 0 Å². The van der Waals surface area contributed by atoms with Gasteiger partial charge in [-0.25, -0.2) is 4.39 Å². The van der Waals surface area contributed by atoms with Crippen molar-refractivity contribution in [2.45, 2.75) is 6.42 Å². The maximum Gasteiger partial charge on any atom is 0.262 e. The van der Waals surface area contributed by atoms with E-state index in [9.17, 15) is 14.0 Å². The van der Waals surface area contributed by atoms with Gasteiger partial charge in [0, 0.05) is 6.07 Å². The summed E-state index contributed by atoms with van der Waals surface area (Å²) in [6.07, 6.45) is 0.0166. The van der Waals surface area contributed by atoms with Crippen LogP contribution in [0.3, 0.4) is 0 Å². The summed E-state index contributed by atoms with van der Waals surface area (Å²) in [4.78, 5) is 23.3. The van der Waals surface area contributed by atoms with Crippen molar-refractivity contribution in [1.82, 2.24) is 0 Å². The Hall–Kier alpha value is -2.60. The number of nitrogens with one attached hydrogen (secondary N) is 2. The Bertz CT molecular complexity index is 795. The quantitative estimate of drug-likeness (QED) is 0.906. The van der Waals surface area contributed by atoms with E-state index in [4.69, 9.17) is 16.3 Å². The predicted molar refractivity (Wildman–Crippen MR) is 84.3 cm³/mol. The fourth-order valence-electron chi connectivity index (χ4n) is 2.22. The molecule has 2 N–H and O–H groups in total. The fourth-order valence-corrected chi connectivity index (χ4v) is 2.43. The summed E-state index contributed by atoms with van der Waals surface area (Å²) in [5, 5.41) is 5.54. The molecule has 23 heavy (non-hydrogen) atoms. The number of fused-ring (bicyclic) bond motifs is 1. The van der Waals surface area contributed by atoms with E-state index >= 15 is 0 Å². The van der Waals surface area contributed by atoms with Gasteiger partial charge in [-0.15, -0.1) is 0 Å². The topological polar surface area (TPSA) is 67.4 Å². The number of halogens is 2. The minimum absolute atomic E-state index is 0.0166. The summed E-state index contributed by atoms with van der Waals surface area (Å²) in [6, 6.07) is 8.86. The second-order valence-electron chi connectivity index (χ2n) is 5.02. The number of amides is 2. The number of benzene rings is 2. The van der Waals surface area contributed by atoms with Gasteiger partial charge in [0.15, 0.2) is 6.61 Å². The number of anilines is 2. The van der Waals surface area contributed by atoms with Crippen molar-refractivity contribution >= 4 is 34.8 Å². The van der Waals surface area contributed by atoms with Crippen LogP contribution in [0.4, 0.5) is 15.8 Å². The molecule has 3 rings (SSSR count). The average Bonchev–Trinajstić information content (AvgIpc) is 2.48. The summed E-state index contributed by atoms with van der Waals surface area (Å²) >= 11 is 6.10. The van der Waals surface area contributed by atoms with Crippen molar-refractivity contribution in [2.24, 2.45) is 0 Å². The van der Waals surface area contributed by atoms with E-state index in [0.29, 0.717) is 22.7 Å². The zero-order valence-electron chi connectivity index (χ0n) is 11.9. The zero-order valence-corrected chi connectivity index (χ0v) is 12.6. The Kier molecular flexibility index (Phi) is 4.16. The Labute approximate surface area is 136 Å². The highest BCUT2D eigenvalue weighted by atomic mass is 35.5. The minimum Gasteiger partial charge on any atom is -0.482 e. The minimum atomic E-state index is -0.397. The van der Waals surface area contributed by atoms with Crippen LogP contribution in [0.25, 0.3) is 0 Å². The van der Waals surface area contributed by atoms with Gasteiger partial charge in [-0.05, 0) is 23.8 Å². The first-order valence-corrected chi connectivity index (χ1v) is 7.19. The van der Waals surface area contributed by atoms with Crippen molar-refractivity contribution < 1.29 is 18.7 Å². The van der Waals surface area contributed by atoms with E-state index in [1.165, 1.54) is 18.2 Å². The van der Waals surface area contributed by atoms with Gasteiger partial charge in [-0.2, -0.15) is 0 Å². The normalized spacial score (nSPS) is 12.9. The number of carbonyl (C=O) groups is 2. The molecule has 0 radical (unpaired) electrons. The largest absolute Gasteiger partial charge is 0.482 e. The highest BCUT2D eigenvalue weighted by Crippen LogP contribution is 2.36. The van der Waals surface area contributed by atoms with Crippen molar-refractivity contribution in [3.8, 4) is 5.75 Å². The third-order valence-corrected chi connectivity index (χ3v) is 3.54. The number of ether oxygens (including phenoxy) is 1. The molecule has 5 nitrogen and oxygen atoms in total. The van der Waals surface area contributed by atoms with Crippen molar-refractivity contribution in [2.75, 3.05) is 17.2 Å². The van der Waals surface area contributed by atoms with Crippen LogP contribution < -0.4 is 15.4 Å². The lowest BCUT2D eigenvalue weighted by atomic mass is 10.1. The Morgan fingerprint density at radius 3 is 2.96 bits per heavy atom. The Morgan fingerprint density at radius 1 is 1.35 bits per heavy atom. The SMILES string of the molecule is O=C(Cc1cccc(F)c1)Nc1cc2c(cc1Cl)NC(=O)CO2. The highest BCUT2D eigenvalue weighted by molar-refractivity contribution is 6.34. The molecule has 2 aromatic carbocycles. The van der Waals surface area contributed by atoms with Crippen LogP contribution >= 0.6 is 11.6 Å². The lowest BCUT2D eigenvalue weighted by Crippen LogP contribution is -2.25. The second kappa shape index (κ2) is 6.26. The first-order chi connectivity index (χ1) is 11.0. The lowest BCUT2D eigenvalue weighted by molar-refractivity contribution is -0.118. The van der Waals surface area contributed by atoms with E-state index in [1.54, 1.807) is 18.2 Å². The van der Waals surface area contributed by atoms with Crippen molar-refractivity contribution in [3.63, 3.8) is 0 Å². The number of hydrogen-bond acceptors (Lipinski definition) is 3.